The van der Waals surface area contributed by atoms with E-state index in [1.165, 1.54) is 18.9 Å². The minimum atomic E-state index is -0.261. The second-order valence-electron chi connectivity index (χ2n) is 5.81. The summed E-state index contributed by atoms with van der Waals surface area (Å²) < 4.78 is 0. The normalized spacial score (nSPS) is 13.5. The molecule has 118 valence electrons. The first-order valence-corrected chi connectivity index (χ1v) is 7.93. The van der Waals surface area contributed by atoms with Crippen molar-refractivity contribution in [2.45, 2.75) is 32.6 Å². The molecule has 2 rings (SSSR count). The molecular formula is C18H24N2O2. The molecule has 0 bridgehead atoms. The molecule has 4 nitrogen and oxygen atoms in total. The summed E-state index contributed by atoms with van der Waals surface area (Å²) in [6, 6.07) is 7.44. The maximum Gasteiger partial charge on any atom is 0.247 e. The van der Waals surface area contributed by atoms with E-state index in [2.05, 4.69) is 18.8 Å². The number of nitrogens with zero attached hydrogens (tertiary/aromatic N) is 1. The fourth-order valence-corrected chi connectivity index (χ4v) is 2.45. The Balaban J connectivity index is 2.05. The standard InChI is InChI=1S/C18H24N2O2/c1-3-11-20(13-14-9-10-14)18(22)12-15-7-5-6-8-16(15)19-17(21)4-2/h4-8,14H,2-3,9-13H2,1H3,(H,19,21). The number of para-hydroxylation sites is 1. The van der Waals surface area contributed by atoms with Crippen molar-refractivity contribution in [3.8, 4) is 0 Å². The van der Waals surface area contributed by atoms with E-state index in [4.69, 9.17) is 0 Å². The second kappa shape index (κ2) is 7.78. The van der Waals surface area contributed by atoms with Gasteiger partial charge in [0.05, 0.1) is 6.42 Å². The van der Waals surface area contributed by atoms with E-state index in [-0.39, 0.29) is 11.8 Å². The first kappa shape index (κ1) is 16.3. The van der Waals surface area contributed by atoms with Crippen LogP contribution in [0, 0.1) is 5.92 Å². The van der Waals surface area contributed by atoms with E-state index in [9.17, 15) is 9.59 Å². The lowest BCUT2D eigenvalue weighted by Gasteiger charge is -2.22. The van der Waals surface area contributed by atoms with Crippen LogP contribution in [0.15, 0.2) is 36.9 Å². The fourth-order valence-electron chi connectivity index (χ4n) is 2.45. The minimum absolute atomic E-state index is 0.133. The summed E-state index contributed by atoms with van der Waals surface area (Å²) in [6.07, 6.45) is 4.99. The van der Waals surface area contributed by atoms with Gasteiger partial charge < -0.3 is 10.2 Å². The van der Waals surface area contributed by atoms with Gasteiger partial charge >= 0.3 is 0 Å². The van der Waals surface area contributed by atoms with Crippen LogP contribution < -0.4 is 5.32 Å². The predicted molar refractivity (Wildman–Crippen MR) is 88.6 cm³/mol. The zero-order valence-electron chi connectivity index (χ0n) is 13.2. The summed E-state index contributed by atoms with van der Waals surface area (Å²) >= 11 is 0. The third kappa shape index (κ3) is 4.72. The minimum Gasteiger partial charge on any atom is -0.342 e. The molecule has 0 radical (unpaired) electrons. The van der Waals surface area contributed by atoms with Gasteiger partial charge in [0.1, 0.15) is 0 Å². The van der Waals surface area contributed by atoms with Crippen molar-refractivity contribution >= 4 is 17.5 Å². The summed E-state index contributed by atoms with van der Waals surface area (Å²) in [4.78, 5) is 26.0. The van der Waals surface area contributed by atoms with Crippen LogP contribution >= 0.6 is 0 Å². The summed E-state index contributed by atoms with van der Waals surface area (Å²) in [5.74, 6) is 0.559. The van der Waals surface area contributed by atoms with Crippen LogP contribution in [0.5, 0.6) is 0 Å². The van der Waals surface area contributed by atoms with Gasteiger partial charge in [-0.1, -0.05) is 31.7 Å². The molecule has 1 fully saturated rings. The number of anilines is 1. The highest BCUT2D eigenvalue weighted by Crippen LogP contribution is 2.30. The van der Waals surface area contributed by atoms with Crippen molar-refractivity contribution in [1.82, 2.24) is 4.90 Å². The van der Waals surface area contributed by atoms with Gasteiger partial charge in [0.15, 0.2) is 0 Å². The molecule has 22 heavy (non-hydrogen) atoms. The van der Waals surface area contributed by atoms with Crippen LogP contribution in [0.3, 0.4) is 0 Å². The molecule has 2 amide bonds. The van der Waals surface area contributed by atoms with Crippen LogP contribution in [0.1, 0.15) is 31.7 Å². The lowest BCUT2D eigenvalue weighted by atomic mass is 10.1. The Morgan fingerprint density at radius 1 is 1.36 bits per heavy atom. The van der Waals surface area contributed by atoms with Gasteiger partial charge in [-0.05, 0) is 42.9 Å². The number of hydrogen-bond acceptors (Lipinski definition) is 2. The van der Waals surface area contributed by atoms with Crippen LogP contribution in [0.4, 0.5) is 5.69 Å². The number of benzene rings is 1. The summed E-state index contributed by atoms with van der Waals surface area (Å²) in [6.45, 7) is 7.21. The van der Waals surface area contributed by atoms with E-state index in [1.807, 2.05) is 29.2 Å². The van der Waals surface area contributed by atoms with E-state index in [1.54, 1.807) is 0 Å². The van der Waals surface area contributed by atoms with Gasteiger partial charge in [0.2, 0.25) is 11.8 Å². The fraction of sp³-hybridized carbons (Fsp3) is 0.444. The maximum absolute atomic E-state index is 12.6. The number of amides is 2. The molecule has 0 saturated heterocycles. The van der Waals surface area contributed by atoms with Crippen molar-refractivity contribution < 1.29 is 9.59 Å². The molecule has 0 aromatic heterocycles. The van der Waals surface area contributed by atoms with Crippen molar-refractivity contribution in [2.24, 2.45) is 5.92 Å². The van der Waals surface area contributed by atoms with Gasteiger partial charge in [-0.15, -0.1) is 0 Å². The first-order chi connectivity index (χ1) is 10.6. The Labute approximate surface area is 132 Å². The average Bonchev–Trinajstić information content (AvgIpc) is 3.32. The number of nitrogens with one attached hydrogen (secondary N) is 1. The molecular weight excluding hydrogens is 276 g/mol. The summed E-state index contributed by atoms with van der Waals surface area (Å²) in [5, 5.41) is 2.76. The molecule has 1 aliphatic carbocycles. The Bertz CT molecular complexity index is 550. The third-order valence-electron chi connectivity index (χ3n) is 3.82. The van der Waals surface area contributed by atoms with Crippen LogP contribution in [0.2, 0.25) is 0 Å². The zero-order valence-corrected chi connectivity index (χ0v) is 13.2. The lowest BCUT2D eigenvalue weighted by Crippen LogP contribution is -2.35. The van der Waals surface area contributed by atoms with E-state index < -0.39 is 0 Å². The van der Waals surface area contributed by atoms with Crippen molar-refractivity contribution in [3.63, 3.8) is 0 Å². The van der Waals surface area contributed by atoms with E-state index in [0.717, 1.165) is 25.1 Å². The molecule has 4 heteroatoms. The van der Waals surface area contributed by atoms with Crippen molar-refractivity contribution in [2.75, 3.05) is 18.4 Å². The number of carbonyl (C=O) groups excluding carboxylic acids is 2. The number of hydrogen-bond donors (Lipinski definition) is 1. The van der Waals surface area contributed by atoms with Crippen molar-refractivity contribution in [3.05, 3.63) is 42.5 Å². The molecule has 1 N–H and O–H groups in total. The maximum atomic E-state index is 12.6. The molecule has 1 aliphatic rings. The SMILES string of the molecule is C=CC(=O)Nc1ccccc1CC(=O)N(CCC)CC1CC1. The Hall–Kier alpha value is -2.10. The Morgan fingerprint density at radius 3 is 2.73 bits per heavy atom. The molecule has 0 spiro atoms. The van der Waals surface area contributed by atoms with Gasteiger partial charge in [0, 0.05) is 18.8 Å². The quantitative estimate of drug-likeness (QED) is 0.750. The van der Waals surface area contributed by atoms with E-state index >= 15 is 0 Å². The van der Waals surface area contributed by atoms with Gasteiger partial charge in [0.25, 0.3) is 0 Å². The molecule has 0 aliphatic heterocycles. The largest absolute Gasteiger partial charge is 0.342 e. The third-order valence-corrected chi connectivity index (χ3v) is 3.82. The lowest BCUT2D eigenvalue weighted by molar-refractivity contribution is -0.130. The topological polar surface area (TPSA) is 49.4 Å². The summed E-state index contributed by atoms with van der Waals surface area (Å²) in [5.41, 5.74) is 1.53. The highest BCUT2D eigenvalue weighted by Gasteiger charge is 2.26. The smallest absolute Gasteiger partial charge is 0.247 e. The average molecular weight is 300 g/mol. The predicted octanol–water partition coefficient (Wildman–Crippen LogP) is 3.00. The highest BCUT2D eigenvalue weighted by molar-refractivity contribution is 5.99. The van der Waals surface area contributed by atoms with Crippen LogP contribution in [-0.4, -0.2) is 29.8 Å². The van der Waals surface area contributed by atoms with Gasteiger partial charge in [-0.25, -0.2) is 0 Å². The molecule has 0 unspecified atom stereocenters. The monoisotopic (exact) mass is 300 g/mol. The molecule has 0 heterocycles. The highest BCUT2D eigenvalue weighted by atomic mass is 16.2. The molecule has 1 saturated carbocycles. The molecule has 0 atom stereocenters. The van der Waals surface area contributed by atoms with Crippen LogP contribution in [-0.2, 0) is 16.0 Å². The Kier molecular flexibility index (Phi) is 5.75. The Morgan fingerprint density at radius 2 is 2.09 bits per heavy atom. The van der Waals surface area contributed by atoms with Crippen molar-refractivity contribution in [1.29, 1.82) is 0 Å². The second-order valence-corrected chi connectivity index (χ2v) is 5.81. The number of carbonyl (C=O) groups is 2. The zero-order chi connectivity index (χ0) is 15.9. The van der Waals surface area contributed by atoms with Gasteiger partial charge in [-0.3, -0.25) is 9.59 Å². The van der Waals surface area contributed by atoms with E-state index in [0.29, 0.717) is 18.0 Å². The van der Waals surface area contributed by atoms with Gasteiger partial charge in [-0.2, -0.15) is 0 Å². The first-order valence-electron chi connectivity index (χ1n) is 7.93. The van der Waals surface area contributed by atoms with Crippen LogP contribution in [0.25, 0.3) is 0 Å². The summed E-state index contributed by atoms with van der Waals surface area (Å²) in [7, 11) is 0. The molecule has 1 aromatic rings. The molecule has 1 aromatic carbocycles. The number of rotatable bonds is 8.